The van der Waals surface area contributed by atoms with Gasteiger partial charge < -0.3 is 14.8 Å². The van der Waals surface area contributed by atoms with Crippen molar-refractivity contribution in [2.75, 3.05) is 19.5 Å². The van der Waals surface area contributed by atoms with Crippen molar-refractivity contribution in [3.63, 3.8) is 0 Å². The number of halogens is 1. The third kappa shape index (κ3) is 3.04. The van der Waals surface area contributed by atoms with Gasteiger partial charge in [-0.25, -0.2) is 4.79 Å². The Morgan fingerprint density at radius 3 is 2.40 bits per heavy atom. The molecule has 1 aliphatic rings. The molecule has 0 spiro atoms. The molecular weight excluding hydrogens is 366 g/mol. The molecule has 1 N–H and O–H groups in total. The molecule has 128 valence electrons. The van der Waals surface area contributed by atoms with Crippen LogP contribution in [0.25, 0.3) is 0 Å². The summed E-state index contributed by atoms with van der Waals surface area (Å²) in [6.07, 6.45) is 0. The minimum atomic E-state index is -0.610. The van der Waals surface area contributed by atoms with Crippen molar-refractivity contribution < 1.29 is 23.9 Å². The van der Waals surface area contributed by atoms with Gasteiger partial charge in [-0.2, -0.15) is 0 Å². The molecule has 1 aliphatic carbocycles. The van der Waals surface area contributed by atoms with Crippen LogP contribution in [-0.4, -0.2) is 31.8 Å². The standard InChI is InChI=1S/C17H12ClNO5S/c1-23-9-5-3-8(4-6-9)19-13-12(18)15(21)16-10(14(13)20)7-11(25-16)17(22)24-2/h3-7,19H,1-2H3. The van der Waals surface area contributed by atoms with E-state index in [0.717, 1.165) is 11.3 Å². The van der Waals surface area contributed by atoms with Crippen LogP contribution in [0.3, 0.4) is 0 Å². The summed E-state index contributed by atoms with van der Waals surface area (Å²) in [6, 6.07) is 8.15. The molecule has 1 aromatic heterocycles. The molecule has 0 bridgehead atoms. The summed E-state index contributed by atoms with van der Waals surface area (Å²) in [4.78, 5) is 37.1. The van der Waals surface area contributed by atoms with Crippen molar-refractivity contribution in [3.8, 4) is 5.75 Å². The highest BCUT2D eigenvalue weighted by Gasteiger charge is 2.35. The molecule has 1 heterocycles. The van der Waals surface area contributed by atoms with Gasteiger partial charge in [0.15, 0.2) is 0 Å². The summed E-state index contributed by atoms with van der Waals surface area (Å²) in [5.74, 6) is -0.922. The van der Waals surface area contributed by atoms with E-state index in [1.54, 1.807) is 31.4 Å². The summed E-state index contributed by atoms with van der Waals surface area (Å²) < 4.78 is 9.70. The highest BCUT2D eigenvalue weighted by Crippen LogP contribution is 2.35. The van der Waals surface area contributed by atoms with Crippen LogP contribution >= 0.6 is 22.9 Å². The summed E-state index contributed by atoms with van der Waals surface area (Å²) >= 11 is 6.99. The summed E-state index contributed by atoms with van der Waals surface area (Å²) in [7, 11) is 2.77. The fourth-order valence-corrected chi connectivity index (χ4v) is 3.61. The Hall–Kier alpha value is -2.64. The first-order valence-corrected chi connectivity index (χ1v) is 8.28. The monoisotopic (exact) mass is 377 g/mol. The molecule has 2 aromatic rings. The molecule has 3 rings (SSSR count). The number of methoxy groups -OCH3 is 2. The Morgan fingerprint density at radius 2 is 1.80 bits per heavy atom. The summed E-state index contributed by atoms with van der Waals surface area (Å²) in [6.45, 7) is 0. The number of thiophene rings is 1. The average Bonchev–Trinajstić information content (AvgIpc) is 3.09. The van der Waals surface area contributed by atoms with Crippen LogP contribution in [0.1, 0.15) is 29.7 Å². The van der Waals surface area contributed by atoms with Crippen LogP contribution in [0.4, 0.5) is 5.69 Å². The first-order chi connectivity index (χ1) is 12.0. The number of fused-ring (bicyclic) bond motifs is 1. The second kappa shape index (κ2) is 6.70. The molecular formula is C17H12ClNO5S. The van der Waals surface area contributed by atoms with Crippen molar-refractivity contribution in [1.82, 2.24) is 0 Å². The lowest BCUT2D eigenvalue weighted by Crippen LogP contribution is -2.22. The zero-order valence-electron chi connectivity index (χ0n) is 13.2. The maximum Gasteiger partial charge on any atom is 0.348 e. The van der Waals surface area contributed by atoms with Crippen molar-refractivity contribution >= 4 is 46.2 Å². The number of carbonyl (C=O) groups excluding carboxylic acids is 3. The molecule has 0 amide bonds. The van der Waals surface area contributed by atoms with E-state index in [1.807, 2.05) is 0 Å². The Morgan fingerprint density at radius 1 is 1.12 bits per heavy atom. The van der Waals surface area contributed by atoms with Gasteiger partial charge in [0.05, 0.1) is 19.1 Å². The first-order valence-electron chi connectivity index (χ1n) is 7.08. The highest BCUT2D eigenvalue weighted by atomic mass is 35.5. The first kappa shape index (κ1) is 17.2. The van der Waals surface area contributed by atoms with E-state index in [9.17, 15) is 14.4 Å². The van der Waals surface area contributed by atoms with Gasteiger partial charge in [0, 0.05) is 11.3 Å². The number of benzene rings is 1. The average molecular weight is 378 g/mol. The van der Waals surface area contributed by atoms with E-state index in [2.05, 4.69) is 10.1 Å². The van der Waals surface area contributed by atoms with Crippen molar-refractivity contribution in [2.45, 2.75) is 0 Å². The predicted molar refractivity (Wildman–Crippen MR) is 93.8 cm³/mol. The minimum absolute atomic E-state index is 0.0291. The number of hydrogen-bond donors (Lipinski definition) is 1. The zero-order valence-corrected chi connectivity index (χ0v) is 14.8. The van der Waals surface area contributed by atoms with E-state index < -0.39 is 17.5 Å². The SMILES string of the molecule is COC(=O)c1cc2c(s1)C(=O)C(Cl)=C(Nc1ccc(OC)cc1)C2=O. The number of anilines is 1. The molecule has 0 saturated heterocycles. The highest BCUT2D eigenvalue weighted by molar-refractivity contribution is 7.16. The van der Waals surface area contributed by atoms with E-state index >= 15 is 0 Å². The Balaban J connectivity index is 1.96. The molecule has 1 aromatic carbocycles. The molecule has 0 saturated carbocycles. The second-order valence-electron chi connectivity index (χ2n) is 5.05. The topological polar surface area (TPSA) is 81.7 Å². The molecule has 0 aliphatic heterocycles. The maximum absolute atomic E-state index is 12.7. The number of esters is 1. The number of allylic oxidation sites excluding steroid dienone is 2. The number of rotatable bonds is 4. The van der Waals surface area contributed by atoms with Crippen LogP contribution in [-0.2, 0) is 4.74 Å². The Kier molecular flexibility index (Phi) is 4.61. The number of ketones is 2. The fraction of sp³-hybridized carbons (Fsp3) is 0.118. The van der Waals surface area contributed by atoms with Crippen LogP contribution < -0.4 is 10.1 Å². The van der Waals surface area contributed by atoms with Crippen molar-refractivity contribution in [1.29, 1.82) is 0 Å². The van der Waals surface area contributed by atoms with Gasteiger partial charge in [0.2, 0.25) is 11.6 Å². The quantitative estimate of drug-likeness (QED) is 0.821. The zero-order chi connectivity index (χ0) is 18.1. The van der Waals surface area contributed by atoms with Crippen LogP contribution in [0.2, 0.25) is 0 Å². The summed E-state index contributed by atoms with van der Waals surface area (Å²) in [5, 5.41) is 2.65. The third-order valence-corrected chi connectivity index (χ3v) is 5.05. The minimum Gasteiger partial charge on any atom is -0.497 e. The number of carbonyl (C=O) groups is 3. The van der Waals surface area contributed by atoms with Crippen molar-refractivity contribution in [2.24, 2.45) is 0 Å². The van der Waals surface area contributed by atoms with Crippen LogP contribution in [0.15, 0.2) is 41.1 Å². The van der Waals surface area contributed by atoms with E-state index in [0.29, 0.717) is 11.4 Å². The lowest BCUT2D eigenvalue weighted by atomic mass is 9.99. The van der Waals surface area contributed by atoms with E-state index in [1.165, 1.54) is 13.2 Å². The van der Waals surface area contributed by atoms with Crippen LogP contribution in [0.5, 0.6) is 5.75 Å². The van der Waals surface area contributed by atoms with Gasteiger partial charge in [-0.05, 0) is 30.3 Å². The maximum atomic E-state index is 12.7. The number of Topliss-reactive ketones (excluding diaryl/α,β-unsaturated/α-hetero) is 2. The van der Waals surface area contributed by atoms with Gasteiger partial charge in [-0.1, -0.05) is 11.6 Å². The Bertz CT molecular complexity index is 914. The largest absolute Gasteiger partial charge is 0.497 e. The van der Waals surface area contributed by atoms with Gasteiger partial charge in [-0.15, -0.1) is 11.3 Å². The third-order valence-electron chi connectivity index (χ3n) is 3.57. The smallest absolute Gasteiger partial charge is 0.348 e. The lowest BCUT2D eigenvalue weighted by molar-refractivity contribution is 0.0606. The molecule has 0 radical (unpaired) electrons. The van der Waals surface area contributed by atoms with E-state index in [-0.39, 0.29) is 26.0 Å². The predicted octanol–water partition coefficient (Wildman–Crippen LogP) is 3.48. The van der Waals surface area contributed by atoms with Crippen molar-refractivity contribution in [3.05, 3.63) is 56.4 Å². The molecule has 6 nitrogen and oxygen atoms in total. The Labute approximate surface area is 152 Å². The van der Waals surface area contributed by atoms with E-state index in [4.69, 9.17) is 16.3 Å². The van der Waals surface area contributed by atoms with Gasteiger partial charge >= 0.3 is 5.97 Å². The number of hydrogen-bond acceptors (Lipinski definition) is 7. The van der Waals surface area contributed by atoms with Gasteiger partial charge in [-0.3, -0.25) is 9.59 Å². The lowest BCUT2D eigenvalue weighted by Gasteiger charge is -2.16. The van der Waals surface area contributed by atoms with Gasteiger partial charge in [0.25, 0.3) is 0 Å². The fourth-order valence-electron chi connectivity index (χ4n) is 2.31. The van der Waals surface area contributed by atoms with Crippen LogP contribution in [0, 0.1) is 0 Å². The second-order valence-corrected chi connectivity index (χ2v) is 6.48. The normalized spacial score (nSPS) is 13.6. The van der Waals surface area contributed by atoms with Gasteiger partial charge in [0.1, 0.15) is 21.4 Å². The summed E-state index contributed by atoms with van der Waals surface area (Å²) in [5.41, 5.74) is 0.677. The molecule has 0 unspecified atom stereocenters. The number of ether oxygens (including phenoxy) is 2. The molecule has 0 fully saturated rings. The molecule has 8 heteroatoms. The molecule has 25 heavy (non-hydrogen) atoms. The number of nitrogens with one attached hydrogen (secondary N) is 1. The molecule has 0 atom stereocenters.